The third-order valence-electron chi connectivity index (χ3n) is 3.70. The van der Waals surface area contributed by atoms with Gasteiger partial charge in [0.2, 0.25) is 5.91 Å². The Hall–Kier alpha value is -1.42. The fourth-order valence-electron chi connectivity index (χ4n) is 2.48. The highest BCUT2D eigenvalue weighted by atomic mass is 16.5. The van der Waals surface area contributed by atoms with Crippen molar-refractivity contribution in [3.05, 3.63) is 29.6 Å². The van der Waals surface area contributed by atoms with Gasteiger partial charge in [-0.05, 0) is 37.8 Å². The van der Waals surface area contributed by atoms with Crippen LogP contribution in [0.5, 0.6) is 0 Å². The summed E-state index contributed by atoms with van der Waals surface area (Å²) in [7, 11) is 0. The first kappa shape index (κ1) is 14.0. The molecule has 1 amide bonds. The molecule has 104 valence electrons. The fraction of sp³-hybridized carbons (Fsp3) is 0.600. The second-order valence-corrected chi connectivity index (χ2v) is 5.06. The maximum absolute atomic E-state index is 12.3. The van der Waals surface area contributed by atoms with E-state index in [0.717, 1.165) is 30.5 Å². The van der Waals surface area contributed by atoms with Gasteiger partial charge in [-0.15, -0.1) is 0 Å². The first-order chi connectivity index (χ1) is 9.22. The Bertz CT molecular complexity index is 428. The van der Waals surface area contributed by atoms with Gasteiger partial charge in [-0.2, -0.15) is 0 Å². The lowest BCUT2D eigenvalue weighted by Gasteiger charge is -2.25. The quantitative estimate of drug-likeness (QED) is 0.906. The van der Waals surface area contributed by atoms with Crippen LogP contribution in [0.1, 0.15) is 43.5 Å². The predicted molar refractivity (Wildman–Crippen MR) is 73.7 cm³/mol. The molecule has 1 aromatic heterocycles. The van der Waals surface area contributed by atoms with Crippen molar-refractivity contribution in [2.75, 3.05) is 13.2 Å². The normalized spacial score (nSPS) is 18.0. The van der Waals surface area contributed by atoms with Crippen molar-refractivity contribution in [3.8, 4) is 0 Å². The molecule has 1 aromatic rings. The highest BCUT2D eigenvalue weighted by molar-refractivity contribution is 5.79. The molecule has 1 fully saturated rings. The molecule has 1 N–H and O–H groups in total. The number of hydrogen-bond donors (Lipinski definition) is 1. The molecular weight excluding hydrogens is 240 g/mol. The van der Waals surface area contributed by atoms with E-state index in [9.17, 15) is 4.79 Å². The summed E-state index contributed by atoms with van der Waals surface area (Å²) >= 11 is 0. The molecule has 1 atom stereocenters. The Balaban J connectivity index is 2.02. The van der Waals surface area contributed by atoms with E-state index in [1.807, 2.05) is 19.1 Å². The molecule has 1 aliphatic heterocycles. The van der Waals surface area contributed by atoms with Gasteiger partial charge in [0.25, 0.3) is 0 Å². The molecule has 2 heterocycles. The summed E-state index contributed by atoms with van der Waals surface area (Å²) in [6, 6.07) is 3.97. The van der Waals surface area contributed by atoms with E-state index >= 15 is 0 Å². The molecular formula is C15H22N2O2. The maximum atomic E-state index is 12.3. The first-order valence-electron chi connectivity index (χ1n) is 7.02. The van der Waals surface area contributed by atoms with Crippen LogP contribution in [0.25, 0.3) is 0 Å². The Morgan fingerprint density at radius 1 is 1.53 bits per heavy atom. The van der Waals surface area contributed by atoms with Crippen LogP contribution in [0, 0.1) is 12.8 Å². The van der Waals surface area contributed by atoms with Gasteiger partial charge in [0.1, 0.15) is 0 Å². The predicted octanol–water partition coefficient (Wildman–Crippen LogP) is 2.38. The molecule has 0 bridgehead atoms. The molecule has 19 heavy (non-hydrogen) atoms. The second-order valence-electron chi connectivity index (χ2n) is 5.06. The minimum Gasteiger partial charge on any atom is -0.381 e. The maximum Gasteiger partial charge on any atom is 0.223 e. The lowest BCUT2D eigenvalue weighted by Crippen LogP contribution is -2.37. The number of nitrogens with zero attached hydrogens (tertiary/aromatic N) is 1. The van der Waals surface area contributed by atoms with E-state index in [1.54, 1.807) is 6.20 Å². The smallest absolute Gasteiger partial charge is 0.223 e. The zero-order valence-electron chi connectivity index (χ0n) is 11.7. The van der Waals surface area contributed by atoms with E-state index in [4.69, 9.17) is 4.74 Å². The summed E-state index contributed by atoms with van der Waals surface area (Å²) in [5.41, 5.74) is 2.10. The topological polar surface area (TPSA) is 51.2 Å². The molecule has 0 saturated carbocycles. The van der Waals surface area contributed by atoms with E-state index in [2.05, 4.69) is 17.2 Å². The number of aromatic nitrogens is 1. The third kappa shape index (κ3) is 3.53. The van der Waals surface area contributed by atoms with Gasteiger partial charge in [0.15, 0.2) is 0 Å². The Kier molecular flexibility index (Phi) is 4.91. The number of ether oxygens (including phenoxy) is 1. The van der Waals surface area contributed by atoms with Crippen LogP contribution >= 0.6 is 0 Å². The number of nitrogens with one attached hydrogen (secondary N) is 1. The van der Waals surface area contributed by atoms with Gasteiger partial charge in [-0.25, -0.2) is 0 Å². The number of carbonyl (C=O) groups excluding carboxylic acids is 1. The lowest BCUT2D eigenvalue weighted by atomic mass is 9.98. The summed E-state index contributed by atoms with van der Waals surface area (Å²) in [6.45, 7) is 5.49. The van der Waals surface area contributed by atoms with Gasteiger partial charge >= 0.3 is 0 Å². The number of amides is 1. The van der Waals surface area contributed by atoms with Crippen LogP contribution in [0.15, 0.2) is 18.3 Å². The molecule has 0 aromatic carbocycles. The van der Waals surface area contributed by atoms with Gasteiger partial charge in [-0.1, -0.05) is 13.0 Å². The summed E-state index contributed by atoms with van der Waals surface area (Å²) < 4.78 is 5.29. The average molecular weight is 262 g/mol. The summed E-state index contributed by atoms with van der Waals surface area (Å²) in [5, 5.41) is 3.14. The minimum absolute atomic E-state index is 0.0107. The molecule has 4 heteroatoms. The molecule has 0 spiro atoms. The van der Waals surface area contributed by atoms with Crippen molar-refractivity contribution < 1.29 is 9.53 Å². The van der Waals surface area contributed by atoms with Crippen LogP contribution in [-0.4, -0.2) is 24.1 Å². The number of hydrogen-bond acceptors (Lipinski definition) is 3. The van der Waals surface area contributed by atoms with Crippen LogP contribution in [0.4, 0.5) is 0 Å². The lowest BCUT2D eigenvalue weighted by molar-refractivity contribution is -0.128. The van der Waals surface area contributed by atoms with Gasteiger partial charge in [0, 0.05) is 25.3 Å². The summed E-state index contributed by atoms with van der Waals surface area (Å²) in [4.78, 5) is 16.7. The zero-order chi connectivity index (χ0) is 13.7. The molecule has 0 radical (unpaired) electrons. The van der Waals surface area contributed by atoms with Crippen molar-refractivity contribution in [1.82, 2.24) is 10.3 Å². The number of aryl methyl sites for hydroxylation is 1. The number of pyridine rings is 1. The van der Waals surface area contributed by atoms with E-state index in [0.29, 0.717) is 13.2 Å². The minimum atomic E-state index is 0.0107. The highest BCUT2D eigenvalue weighted by Crippen LogP contribution is 2.21. The molecule has 1 aliphatic rings. The summed E-state index contributed by atoms with van der Waals surface area (Å²) in [6.07, 6.45) is 4.28. The van der Waals surface area contributed by atoms with Crippen LogP contribution in [0.2, 0.25) is 0 Å². The molecule has 1 saturated heterocycles. The Morgan fingerprint density at radius 2 is 2.26 bits per heavy atom. The molecule has 0 aliphatic carbocycles. The zero-order valence-corrected chi connectivity index (χ0v) is 11.7. The van der Waals surface area contributed by atoms with Crippen LogP contribution in [0.3, 0.4) is 0 Å². The van der Waals surface area contributed by atoms with E-state index in [1.165, 1.54) is 0 Å². The van der Waals surface area contributed by atoms with Crippen LogP contribution < -0.4 is 5.32 Å². The van der Waals surface area contributed by atoms with Crippen molar-refractivity contribution in [2.24, 2.45) is 5.92 Å². The van der Waals surface area contributed by atoms with Crippen molar-refractivity contribution in [1.29, 1.82) is 0 Å². The first-order valence-corrected chi connectivity index (χ1v) is 7.02. The second kappa shape index (κ2) is 6.66. The van der Waals surface area contributed by atoms with Gasteiger partial charge in [0.05, 0.1) is 11.7 Å². The van der Waals surface area contributed by atoms with Crippen molar-refractivity contribution in [2.45, 2.75) is 39.2 Å². The Morgan fingerprint density at radius 3 is 2.89 bits per heavy atom. The van der Waals surface area contributed by atoms with Gasteiger partial charge in [-0.3, -0.25) is 9.78 Å². The van der Waals surface area contributed by atoms with Crippen molar-refractivity contribution >= 4 is 5.91 Å². The van der Waals surface area contributed by atoms with Crippen molar-refractivity contribution in [3.63, 3.8) is 0 Å². The summed E-state index contributed by atoms with van der Waals surface area (Å²) in [5.74, 6) is 0.229. The van der Waals surface area contributed by atoms with Gasteiger partial charge < -0.3 is 10.1 Å². The monoisotopic (exact) mass is 262 g/mol. The Labute approximate surface area is 114 Å². The SMILES string of the molecule is CC[C@@H](NC(=O)C1CCOCC1)c1ncccc1C. The van der Waals surface area contributed by atoms with E-state index < -0.39 is 0 Å². The number of rotatable bonds is 4. The average Bonchev–Trinajstić information content (AvgIpc) is 2.46. The third-order valence-corrected chi connectivity index (χ3v) is 3.70. The fourth-order valence-corrected chi connectivity index (χ4v) is 2.48. The largest absolute Gasteiger partial charge is 0.381 e. The molecule has 4 nitrogen and oxygen atoms in total. The number of carbonyl (C=O) groups is 1. The highest BCUT2D eigenvalue weighted by Gasteiger charge is 2.24. The molecule has 2 rings (SSSR count). The standard InChI is InChI=1S/C15H22N2O2/c1-3-13(14-11(2)5-4-8-16-14)17-15(18)12-6-9-19-10-7-12/h4-5,8,12-13H,3,6-7,9-10H2,1-2H3,(H,17,18)/t13-/m1/s1. The molecule has 0 unspecified atom stereocenters. The van der Waals surface area contributed by atoms with E-state index in [-0.39, 0.29) is 17.9 Å². The van der Waals surface area contributed by atoms with Crippen LogP contribution in [-0.2, 0) is 9.53 Å².